The van der Waals surface area contributed by atoms with Gasteiger partial charge in [-0.2, -0.15) is 0 Å². The zero-order valence-electron chi connectivity index (χ0n) is 39.4. The van der Waals surface area contributed by atoms with Gasteiger partial charge in [0.05, 0.1) is 5.52 Å². The Morgan fingerprint density at radius 2 is 1.47 bits per heavy atom. The van der Waals surface area contributed by atoms with Crippen molar-refractivity contribution in [1.82, 2.24) is 20.5 Å². The van der Waals surface area contributed by atoms with Crippen molar-refractivity contribution in [2.45, 2.75) is 89.7 Å². The fourth-order valence-corrected chi connectivity index (χ4v) is 12.7. The fourth-order valence-electron chi connectivity index (χ4n) is 10.9. The number of rotatable bonds is 23. The number of hydrogen-bond donors (Lipinski definition) is 4. The van der Waals surface area contributed by atoms with Gasteiger partial charge in [0.25, 0.3) is 0 Å². The standard InChI is InChI=1S/C53H71N5O6Si2/c1-52(2,51(63-65-3)64-66-4)45(43-23-25-46(49-44(43)24-26-48(60)57-49)62-36-37-15-8-5-9-16-37)34-55-32-38-17-14-18-39(31-38)33-56-47(59)28-30-58-29-27-42(35-58)53(50(54)61,40-19-10-6-11-20-40)41-21-12-7-13-22-41/h5-13,15-16,19-26,38-39,42,45,51,55H,14,17-18,27-36,65-66H2,1-4H3,(H2,54,61)(H,56,59)(H,57,60). The Labute approximate surface area is 395 Å². The first-order valence-corrected chi connectivity index (χ1v) is 28.2. The highest BCUT2D eigenvalue weighted by Gasteiger charge is 2.49. The first-order valence-electron chi connectivity index (χ1n) is 24.2. The van der Waals surface area contributed by atoms with Crippen LogP contribution in [0.25, 0.3) is 10.9 Å². The zero-order valence-corrected chi connectivity index (χ0v) is 42.3. The van der Waals surface area contributed by atoms with Gasteiger partial charge in [-0.3, -0.25) is 14.4 Å². The van der Waals surface area contributed by atoms with Crippen LogP contribution in [-0.2, 0) is 30.5 Å². The number of amides is 2. The number of aromatic amines is 1. The largest absolute Gasteiger partial charge is 0.487 e. The van der Waals surface area contributed by atoms with Crippen LogP contribution in [0.1, 0.15) is 80.5 Å². The molecule has 0 radical (unpaired) electrons. The third kappa shape index (κ3) is 11.6. The molecule has 7 rings (SSSR count). The Kier molecular flexibility index (Phi) is 17.2. The van der Waals surface area contributed by atoms with Crippen molar-refractivity contribution in [2.75, 3.05) is 39.3 Å². The molecule has 13 heteroatoms. The number of ether oxygens (including phenoxy) is 1. The summed E-state index contributed by atoms with van der Waals surface area (Å²) in [5.41, 5.74) is 9.52. The van der Waals surface area contributed by atoms with E-state index in [4.69, 9.17) is 19.3 Å². The monoisotopic (exact) mass is 929 g/mol. The number of primary amides is 1. The van der Waals surface area contributed by atoms with Crippen LogP contribution in [0.4, 0.5) is 0 Å². The molecule has 0 bridgehead atoms. The lowest BCUT2D eigenvalue weighted by Crippen LogP contribution is -2.49. The number of fused-ring (bicyclic) bond motifs is 1. The summed E-state index contributed by atoms with van der Waals surface area (Å²) in [5.74, 6) is 1.28. The average molecular weight is 930 g/mol. The normalized spacial score (nSPS) is 19.4. The molecule has 1 saturated heterocycles. The molecule has 0 spiro atoms. The molecular formula is C53H71N5O6Si2. The van der Waals surface area contributed by atoms with E-state index in [1.54, 1.807) is 6.07 Å². The van der Waals surface area contributed by atoms with Gasteiger partial charge >= 0.3 is 0 Å². The molecule has 4 aromatic carbocycles. The summed E-state index contributed by atoms with van der Waals surface area (Å²) in [5, 5.41) is 8.14. The number of benzene rings is 4. The number of nitrogens with two attached hydrogens (primary N) is 1. The van der Waals surface area contributed by atoms with Crippen LogP contribution in [0, 0.1) is 23.2 Å². The minimum atomic E-state index is -0.944. The second-order valence-corrected chi connectivity index (χ2v) is 20.8. The maximum absolute atomic E-state index is 13.5. The minimum Gasteiger partial charge on any atom is -0.487 e. The van der Waals surface area contributed by atoms with E-state index in [1.807, 2.05) is 103 Å². The van der Waals surface area contributed by atoms with Crippen molar-refractivity contribution in [2.24, 2.45) is 28.9 Å². The molecule has 1 aliphatic carbocycles. The molecule has 5 N–H and O–H groups in total. The van der Waals surface area contributed by atoms with E-state index in [-0.39, 0.29) is 35.5 Å². The van der Waals surface area contributed by atoms with Crippen LogP contribution >= 0.6 is 0 Å². The zero-order chi connectivity index (χ0) is 46.5. The fraction of sp³-hybridized carbons (Fsp3) is 0.453. The smallest absolute Gasteiger partial charge is 0.248 e. The second kappa shape index (κ2) is 23.2. The number of carbonyl (C=O) groups is 2. The lowest BCUT2D eigenvalue weighted by atomic mass is 9.64. The first-order chi connectivity index (χ1) is 32.0. The molecule has 1 aliphatic heterocycles. The van der Waals surface area contributed by atoms with Crippen molar-refractivity contribution in [3.63, 3.8) is 0 Å². The Morgan fingerprint density at radius 1 is 0.833 bits per heavy atom. The molecule has 2 aliphatic rings. The maximum atomic E-state index is 13.5. The van der Waals surface area contributed by atoms with Gasteiger partial charge in [0, 0.05) is 55.4 Å². The summed E-state index contributed by atoms with van der Waals surface area (Å²) in [7, 11) is -1.52. The van der Waals surface area contributed by atoms with E-state index in [0.717, 1.165) is 72.8 Å². The van der Waals surface area contributed by atoms with Crippen LogP contribution in [0.5, 0.6) is 5.75 Å². The number of carbonyl (C=O) groups excluding carboxylic acids is 2. The third-order valence-electron chi connectivity index (χ3n) is 14.3. The van der Waals surface area contributed by atoms with Crippen LogP contribution in [0.2, 0.25) is 13.1 Å². The molecule has 11 nitrogen and oxygen atoms in total. The molecule has 2 amide bonds. The summed E-state index contributed by atoms with van der Waals surface area (Å²) >= 11 is 0. The molecule has 2 fully saturated rings. The number of hydrogen-bond acceptors (Lipinski definition) is 8. The summed E-state index contributed by atoms with van der Waals surface area (Å²) in [6.07, 6.45) is 5.35. The number of likely N-dealkylation sites (tertiary alicyclic amines) is 1. The van der Waals surface area contributed by atoms with Crippen molar-refractivity contribution >= 4 is 42.2 Å². The Hall–Kier alpha value is -4.90. The Bertz CT molecular complexity index is 2340. The molecule has 4 atom stereocenters. The number of pyridine rings is 1. The van der Waals surface area contributed by atoms with Gasteiger partial charge in [-0.25, -0.2) is 0 Å². The summed E-state index contributed by atoms with van der Waals surface area (Å²) in [6.45, 7) is 13.6. The summed E-state index contributed by atoms with van der Waals surface area (Å²) in [6, 6.07) is 37.6. The number of aromatic nitrogens is 1. The van der Waals surface area contributed by atoms with Crippen molar-refractivity contribution in [1.29, 1.82) is 0 Å². The van der Waals surface area contributed by atoms with Gasteiger partial charge < -0.3 is 39.8 Å². The van der Waals surface area contributed by atoms with E-state index in [2.05, 4.69) is 53.5 Å². The van der Waals surface area contributed by atoms with Gasteiger partial charge in [-0.05, 0) is 90.9 Å². The highest BCUT2D eigenvalue weighted by Crippen LogP contribution is 2.45. The Balaban J connectivity index is 0.957. The van der Waals surface area contributed by atoms with Gasteiger partial charge in [-0.15, -0.1) is 0 Å². The quantitative estimate of drug-likeness (QED) is 0.0427. The minimum absolute atomic E-state index is 0.00590. The average Bonchev–Trinajstić information content (AvgIpc) is 3.81. The lowest BCUT2D eigenvalue weighted by Gasteiger charge is -2.42. The van der Waals surface area contributed by atoms with Crippen LogP contribution in [0.15, 0.2) is 120 Å². The number of H-pyrrole nitrogens is 1. The molecule has 2 heterocycles. The second-order valence-electron chi connectivity index (χ2n) is 19.0. The third-order valence-corrected chi connectivity index (χ3v) is 15.6. The van der Waals surface area contributed by atoms with Crippen molar-refractivity contribution in [3.05, 3.63) is 148 Å². The lowest BCUT2D eigenvalue weighted by molar-refractivity contribution is -0.124. The van der Waals surface area contributed by atoms with Gasteiger partial charge in [0.15, 0.2) is 19.5 Å². The van der Waals surface area contributed by atoms with Crippen molar-refractivity contribution in [3.8, 4) is 5.75 Å². The molecule has 4 unspecified atom stereocenters. The van der Waals surface area contributed by atoms with Gasteiger partial charge in [-0.1, -0.05) is 130 Å². The van der Waals surface area contributed by atoms with Gasteiger partial charge in [0.2, 0.25) is 17.4 Å². The molecule has 5 aromatic rings. The van der Waals surface area contributed by atoms with Gasteiger partial charge in [0.1, 0.15) is 24.1 Å². The maximum Gasteiger partial charge on any atom is 0.248 e. The highest BCUT2D eigenvalue weighted by molar-refractivity contribution is 6.26. The summed E-state index contributed by atoms with van der Waals surface area (Å²) < 4.78 is 19.2. The topological polar surface area (TPSA) is 148 Å². The van der Waals surface area contributed by atoms with E-state index in [1.165, 1.54) is 0 Å². The van der Waals surface area contributed by atoms with Crippen LogP contribution in [-0.4, -0.2) is 86.8 Å². The molecule has 66 heavy (non-hydrogen) atoms. The Morgan fingerprint density at radius 3 is 2.11 bits per heavy atom. The highest BCUT2D eigenvalue weighted by atomic mass is 28.2. The van der Waals surface area contributed by atoms with Crippen LogP contribution < -0.4 is 26.7 Å². The van der Waals surface area contributed by atoms with Crippen LogP contribution in [0.3, 0.4) is 0 Å². The molecule has 1 saturated carbocycles. The predicted octanol–water partition coefficient (Wildman–Crippen LogP) is 6.54. The van der Waals surface area contributed by atoms with E-state index in [9.17, 15) is 14.4 Å². The van der Waals surface area contributed by atoms with E-state index < -0.39 is 30.4 Å². The SMILES string of the molecule is C[SiH2]OC(O[SiH2]C)C(C)(C)C(CNCC1CCCC(CNC(=O)CCN2CCC(C(C(N)=O)(c3ccccc3)c3ccccc3)C2)C1)c1ccc(OCc2ccccc2)c2[nH]c(=O)ccc12. The van der Waals surface area contributed by atoms with E-state index in [0.29, 0.717) is 62.3 Å². The molecule has 352 valence electrons. The van der Waals surface area contributed by atoms with Crippen molar-refractivity contribution < 1.29 is 23.2 Å². The number of nitrogens with zero attached hydrogens (tertiary/aromatic N) is 1. The predicted molar refractivity (Wildman–Crippen MR) is 270 cm³/mol. The number of nitrogens with one attached hydrogen (secondary N) is 3. The first kappa shape index (κ1) is 49.0. The molecule has 1 aromatic heterocycles. The van der Waals surface area contributed by atoms with E-state index >= 15 is 0 Å². The summed E-state index contributed by atoms with van der Waals surface area (Å²) in [4.78, 5) is 45.0. The molecular weight excluding hydrogens is 859 g/mol.